The first-order chi connectivity index (χ1) is 14.1. The molecule has 0 spiro atoms. The van der Waals surface area contributed by atoms with Crippen molar-refractivity contribution in [3.63, 3.8) is 0 Å². The fraction of sp³-hybridized carbons (Fsp3) is 0.263. The number of hydrogen-bond acceptors (Lipinski definition) is 5. The minimum Gasteiger partial charge on any atom is -0.273 e. The van der Waals surface area contributed by atoms with Crippen LogP contribution in [0.4, 0.5) is 18.0 Å². The predicted molar refractivity (Wildman–Crippen MR) is 104 cm³/mol. The van der Waals surface area contributed by atoms with Gasteiger partial charge in [-0.15, -0.1) is 0 Å². The molecule has 0 N–H and O–H groups in total. The van der Waals surface area contributed by atoms with E-state index in [1.54, 1.807) is 0 Å². The molecule has 11 heteroatoms. The first-order valence-electron chi connectivity index (χ1n) is 8.84. The van der Waals surface area contributed by atoms with E-state index in [2.05, 4.69) is 0 Å². The average molecular weight is 456 g/mol. The zero-order chi connectivity index (χ0) is 21.7. The quantitative estimate of drug-likeness (QED) is 0.705. The Hall–Kier alpha value is -2.37. The van der Waals surface area contributed by atoms with Crippen LogP contribution in [0.25, 0.3) is 11.1 Å². The Labute approximate surface area is 174 Å². The molecule has 0 radical (unpaired) electrons. The topological polar surface area (TPSA) is 74.8 Å². The number of nitrogens with zero attached hydrogens (tertiary/aromatic N) is 2. The molecule has 2 aromatic rings. The average Bonchev–Trinajstić information content (AvgIpc) is 2.99. The van der Waals surface area contributed by atoms with Crippen LogP contribution in [0.15, 0.2) is 53.4 Å². The van der Waals surface area contributed by atoms with Crippen molar-refractivity contribution in [1.82, 2.24) is 9.21 Å². The Morgan fingerprint density at radius 3 is 2.20 bits per heavy atom. The summed E-state index contributed by atoms with van der Waals surface area (Å²) in [6.45, 7) is 0.0471. The number of benzene rings is 2. The van der Waals surface area contributed by atoms with Crippen LogP contribution in [-0.2, 0) is 21.0 Å². The van der Waals surface area contributed by atoms with Crippen molar-refractivity contribution in [2.24, 2.45) is 0 Å². The zero-order valence-electron chi connectivity index (χ0n) is 15.3. The molecule has 0 unspecified atom stereocenters. The summed E-state index contributed by atoms with van der Waals surface area (Å²) in [5.74, 6) is -0.253. The van der Waals surface area contributed by atoms with Gasteiger partial charge in [-0.25, -0.2) is 8.42 Å². The highest BCUT2D eigenvalue weighted by Crippen LogP contribution is 2.33. The highest BCUT2D eigenvalue weighted by molar-refractivity contribution is 8.14. The molecule has 30 heavy (non-hydrogen) atoms. The molecule has 158 valence electrons. The van der Waals surface area contributed by atoms with Crippen LogP contribution < -0.4 is 0 Å². The van der Waals surface area contributed by atoms with Crippen LogP contribution in [0, 0.1) is 0 Å². The van der Waals surface area contributed by atoms with Crippen molar-refractivity contribution in [2.45, 2.75) is 17.1 Å². The lowest BCUT2D eigenvalue weighted by Crippen LogP contribution is -2.61. The normalized spacial score (nSPS) is 18.7. The number of carbonyl (C=O) groups excluding carboxylic acids is 2. The van der Waals surface area contributed by atoms with E-state index in [0.29, 0.717) is 11.1 Å². The number of hydrogen-bond donors (Lipinski definition) is 0. The molecule has 4 rings (SSSR count). The smallest absolute Gasteiger partial charge is 0.273 e. The fourth-order valence-electron chi connectivity index (χ4n) is 3.34. The van der Waals surface area contributed by atoms with E-state index in [4.69, 9.17) is 0 Å². The highest BCUT2D eigenvalue weighted by Gasteiger charge is 2.45. The molecule has 2 aliphatic rings. The van der Waals surface area contributed by atoms with E-state index in [1.807, 2.05) is 0 Å². The Bertz CT molecular complexity index is 1100. The van der Waals surface area contributed by atoms with Crippen LogP contribution >= 0.6 is 11.8 Å². The SMILES string of the molecule is O=C1CSC(=O)N1C1CN(S(=O)(=O)c2ccc(-c3cccc(C(F)(F)F)c3)cc2)C1. The summed E-state index contributed by atoms with van der Waals surface area (Å²) in [6.07, 6.45) is -4.47. The standard InChI is InChI=1S/C19H15F3N2O4S2/c20-19(21,22)14-3-1-2-13(8-14)12-4-6-16(7-5-12)30(27,28)23-9-15(10-23)24-17(25)11-29-18(24)26/h1-8,15H,9-11H2. The lowest BCUT2D eigenvalue weighted by molar-refractivity contribution is -0.137. The number of thioether (sulfide) groups is 1. The maximum atomic E-state index is 12.9. The lowest BCUT2D eigenvalue weighted by atomic mass is 10.0. The van der Waals surface area contributed by atoms with Gasteiger partial charge in [-0.05, 0) is 35.4 Å². The Morgan fingerprint density at radius 2 is 1.63 bits per heavy atom. The maximum Gasteiger partial charge on any atom is 0.416 e. The number of carbonyl (C=O) groups is 2. The number of halogens is 3. The summed E-state index contributed by atoms with van der Waals surface area (Å²) in [6, 6.07) is 9.87. The van der Waals surface area contributed by atoms with Gasteiger partial charge < -0.3 is 0 Å². The molecule has 0 aliphatic carbocycles. The van der Waals surface area contributed by atoms with Gasteiger partial charge in [0.1, 0.15) is 0 Å². The van der Waals surface area contributed by atoms with Crippen molar-refractivity contribution < 1.29 is 31.2 Å². The second-order valence-electron chi connectivity index (χ2n) is 6.90. The van der Waals surface area contributed by atoms with Crippen LogP contribution in [0.2, 0.25) is 0 Å². The van der Waals surface area contributed by atoms with Gasteiger partial charge in [-0.3, -0.25) is 14.5 Å². The first-order valence-corrected chi connectivity index (χ1v) is 11.3. The minimum atomic E-state index is -4.47. The van der Waals surface area contributed by atoms with Crippen LogP contribution in [0.1, 0.15) is 5.56 Å². The molecular formula is C19H15F3N2O4S2. The number of alkyl halides is 3. The van der Waals surface area contributed by atoms with E-state index >= 15 is 0 Å². The molecule has 0 saturated carbocycles. The van der Waals surface area contributed by atoms with E-state index < -0.39 is 27.8 Å². The summed E-state index contributed by atoms with van der Waals surface area (Å²) in [4.78, 5) is 24.6. The minimum absolute atomic E-state index is 0.00914. The predicted octanol–water partition coefficient (Wildman–Crippen LogP) is 3.44. The first kappa shape index (κ1) is 20.9. The summed E-state index contributed by atoms with van der Waals surface area (Å²) in [5.41, 5.74) is -0.0133. The van der Waals surface area contributed by atoms with Crippen molar-refractivity contribution in [1.29, 1.82) is 0 Å². The largest absolute Gasteiger partial charge is 0.416 e. The molecular weight excluding hydrogens is 441 g/mol. The number of imide groups is 1. The van der Waals surface area contributed by atoms with Crippen molar-refractivity contribution in [3.8, 4) is 11.1 Å². The molecule has 2 fully saturated rings. The fourth-order valence-corrected chi connectivity index (χ4v) is 5.63. The summed E-state index contributed by atoms with van der Waals surface area (Å²) < 4.78 is 65.4. The van der Waals surface area contributed by atoms with Gasteiger partial charge in [0.05, 0.1) is 22.3 Å². The van der Waals surface area contributed by atoms with Gasteiger partial charge in [-0.1, -0.05) is 36.0 Å². The van der Waals surface area contributed by atoms with Gasteiger partial charge in [0.15, 0.2) is 0 Å². The Balaban J connectivity index is 1.49. The van der Waals surface area contributed by atoms with Crippen molar-refractivity contribution in [2.75, 3.05) is 18.8 Å². The third-order valence-corrected chi connectivity index (χ3v) is 7.67. The molecule has 2 amide bonds. The second-order valence-corrected chi connectivity index (χ2v) is 9.76. The Kier molecular flexibility index (Phi) is 5.15. The third-order valence-electron chi connectivity index (χ3n) is 4.99. The molecule has 0 bridgehead atoms. The van der Waals surface area contributed by atoms with E-state index in [1.165, 1.54) is 40.7 Å². The molecule has 2 aromatic carbocycles. The second kappa shape index (κ2) is 7.40. The highest BCUT2D eigenvalue weighted by atomic mass is 32.2. The summed E-state index contributed by atoms with van der Waals surface area (Å²) in [5, 5.41) is -0.368. The maximum absolute atomic E-state index is 12.9. The molecule has 6 nitrogen and oxygen atoms in total. The van der Waals surface area contributed by atoms with E-state index in [-0.39, 0.29) is 34.9 Å². The van der Waals surface area contributed by atoms with Crippen LogP contribution in [-0.4, -0.2) is 53.7 Å². The monoisotopic (exact) mass is 456 g/mol. The van der Waals surface area contributed by atoms with Gasteiger partial charge in [-0.2, -0.15) is 17.5 Å². The van der Waals surface area contributed by atoms with Crippen molar-refractivity contribution in [3.05, 3.63) is 54.1 Å². The third kappa shape index (κ3) is 3.72. The van der Waals surface area contributed by atoms with Gasteiger partial charge >= 0.3 is 6.18 Å². The van der Waals surface area contributed by atoms with Gasteiger partial charge in [0, 0.05) is 13.1 Å². The molecule has 2 saturated heterocycles. The number of amides is 2. The van der Waals surface area contributed by atoms with Crippen molar-refractivity contribution >= 4 is 32.9 Å². The number of rotatable bonds is 4. The van der Waals surface area contributed by atoms with Gasteiger partial charge in [0.25, 0.3) is 5.24 Å². The van der Waals surface area contributed by atoms with Crippen LogP contribution in [0.3, 0.4) is 0 Å². The molecule has 0 atom stereocenters. The molecule has 2 aliphatic heterocycles. The summed E-state index contributed by atoms with van der Waals surface area (Å²) >= 11 is 0.897. The summed E-state index contributed by atoms with van der Waals surface area (Å²) in [7, 11) is -3.83. The molecule has 0 aromatic heterocycles. The Morgan fingerprint density at radius 1 is 0.967 bits per heavy atom. The van der Waals surface area contributed by atoms with Crippen LogP contribution in [0.5, 0.6) is 0 Å². The lowest BCUT2D eigenvalue weighted by Gasteiger charge is -2.41. The number of sulfonamides is 1. The zero-order valence-corrected chi connectivity index (χ0v) is 16.9. The van der Waals surface area contributed by atoms with E-state index in [0.717, 1.165) is 28.8 Å². The molecule has 2 heterocycles. The van der Waals surface area contributed by atoms with Gasteiger partial charge in [0.2, 0.25) is 15.9 Å². The van der Waals surface area contributed by atoms with E-state index in [9.17, 15) is 31.2 Å².